The predicted octanol–water partition coefficient (Wildman–Crippen LogP) is -1.89. The Morgan fingerprint density at radius 1 is 0.857 bits per heavy atom. The lowest BCUT2D eigenvalue weighted by Gasteiger charge is -2.05. The zero-order chi connectivity index (χ0) is 10.8. The smallest absolute Gasteiger partial charge is 0.328 e. The van der Waals surface area contributed by atoms with Crippen molar-refractivity contribution in [2.75, 3.05) is 13.1 Å². The summed E-state index contributed by atoms with van der Waals surface area (Å²) in [6, 6.07) is -0.838. The van der Waals surface area contributed by atoms with Crippen molar-refractivity contribution in [3.8, 4) is 0 Å². The Balaban J connectivity index is 3.14. The van der Waals surface area contributed by atoms with E-state index in [0.29, 0.717) is 13.1 Å². The molecule has 0 spiro atoms. The summed E-state index contributed by atoms with van der Waals surface area (Å²) in [5.41, 5.74) is 3.87. The van der Waals surface area contributed by atoms with Gasteiger partial charge in [0, 0.05) is 13.1 Å². The number of amides is 4. The van der Waals surface area contributed by atoms with Gasteiger partial charge in [-0.2, -0.15) is 0 Å². The number of urea groups is 2. The molecule has 14 heavy (non-hydrogen) atoms. The van der Waals surface area contributed by atoms with Gasteiger partial charge in [0.1, 0.15) is 0 Å². The van der Waals surface area contributed by atoms with Crippen LogP contribution in [0, 0.1) is 0 Å². The lowest BCUT2D eigenvalue weighted by atomic mass is 10.3. The normalized spacial score (nSPS) is 9.00. The molecule has 0 aliphatic heterocycles. The molecule has 0 unspecified atom stereocenters. The topological polar surface area (TPSA) is 134 Å². The molecule has 0 saturated carbocycles. The van der Waals surface area contributed by atoms with Gasteiger partial charge in [0.05, 0.1) is 0 Å². The van der Waals surface area contributed by atoms with Crippen LogP contribution < -0.4 is 33.2 Å². The molecule has 0 aliphatic carbocycles. The summed E-state index contributed by atoms with van der Waals surface area (Å²) in [6.45, 7) is 1.02. The Kier molecular flexibility index (Phi) is 7.19. The Bertz CT molecular complexity index is 165. The first-order valence-corrected chi connectivity index (χ1v) is 4.19. The second-order valence-electron chi connectivity index (χ2n) is 2.51. The Hall–Kier alpha value is -1.54. The minimum absolute atomic E-state index is 0.419. The molecule has 4 amide bonds. The van der Waals surface area contributed by atoms with Gasteiger partial charge in [-0.1, -0.05) is 0 Å². The van der Waals surface area contributed by atoms with Crippen molar-refractivity contribution >= 4 is 12.1 Å². The highest BCUT2D eigenvalue weighted by Crippen LogP contribution is 1.83. The average Bonchev–Trinajstić information content (AvgIpc) is 2.22. The number of rotatable bonds is 5. The Morgan fingerprint density at radius 3 is 1.50 bits per heavy atom. The third kappa shape index (κ3) is 7.13. The number of nitrogens with one attached hydrogen (secondary N) is 4. The van der Waals surface area contributed by atoms with Crippen molar-refractivity contribution < 1.29 is 9.59 Å². The molecule has 0 aromatic rings. The minimum atomic E-state index is -0.419. The predicted molar refractivity (Wildman–Crippen MR) is 50.7 cm³/mol. The number of unbranched alkanes of at least 4 members (excludes halogenated alkanes) is 1. The molecule has 8 nitrogen and oxygen atoms in total. The van der Waals surface area contributed by atoms with Crippen molar-refractivity contribution in [2.24, 2.45) is 11.7 Å². The van der Waals surface area contributed by atoms with E-state index in [0.717, 1.165) is 12.8 Å². The van der Waals surface area contributed by atoms with Crippen molar-refractivity contribution in [1.82, 2.24) is 21.5 Å². The molecule has 0 bridgehead atoms. The van der Waals surface area contributed by atoms with Crippen LogP contribution in [0.15, 0.2) is 0 Å². The molecule has 0 fully saturated rings. The molecule has 8 heteroatoms. The highest BCUT2D eigenvalue weighted by Gasteiger charge is 1.96. The van der Waals surface area contributed by atoms with Crippen LogP contribution in [-0.2, 0) is 0 Å². The average molecular weight is 204 g/mol. The fourth-order valence-electron chi connectivity index (χ4n) is 0.756. The maximum absolute atomic E-state index is 10.6. The van der Waals surface area contributed by atoms with E-state index >= 15 is 0 Å². The zero-order valence-corrected chi connectivity index (χ0v) is 7.80. The van der Waals surface area contributed by atoms with Gasteiger partial charge >= 0.3 is 12.1 Å². The SMILES string of the molecule is NNC(=O)NCCCCNC(=O)NN. The van der Waals surface area contributed by atoms with E-state index in [-0.39, 0.29) is 0 Å². The van der Waals surface area contributed by atoms with Gasteiger partial charge in [-0.25, -0.2) is 21.3 Å². The first-order valence-electron chi connectivity index (χ1n) is 4.19. The monoisotopic (exact) mass is 204 g/mol. The van der Waals surface area contributed by atoms with Gasteiger partial charge in [0.25, 0.3) is 0 Å². The molecule has 0 aliphatic rings. The molecular formula is C6H16N6O2. The van der Waals surface area contributed by atoms with Crippen molar-refractivity contribution in [3.05, 3.63) is 0 Å². The van der Waals surface area contributed by atoms with E-state index in [1.165, 1.54) is 0 Å². The van der Waals surface area contributed by atoms with E-state index in [1.54, 1.807) is 0 Å². The Labute approximate surface area is 81.7 Å². The largest absolute Gasteiger partial charge is 0.337 e. The fraction of sp³-hybridized carbons (Fsp3) is 0.667. The Morgan fingerprint density at radius 2 is 1.21 bits per heavy atom. The zero-order valence-electron chi connectivity index (χ0n) is 7.80. The molecule has 0 aromatic carbocycles. The van der Waals surface area contributed by atoms with Gasteiger partial charge in [0.2, 0.25) is 0 Å². The molecular weight excluding hydrogens is 188 g/mol. The van der Waals surface area contributed by atoms with Crippen LogP contribution in [0.25, 0.3) is 0 Å². The van der Waals surface area contributed by atoms with E-state index < -0.39 is 12.1 Å². The fourth-order valence-corrected chi connectivity index (χ4v) is 0.756. The van der Waals surface area contributed by atoms with Gasteiger partial charge in [-0.05, 0) is 12.8 Å². The highest BCUT2D eigenvalue weighted by atomic mass is 16.2. The molecule has 8 N–H and O–H groups in total. The maximum Gasteiger partial charge on any atom is 0.328 e. The summed E-state index contributed by atoms with van der Waals surface area (Å²) in [5, 5.41) is 5.01. The van der Waals surface area contributed by atoms with E-state index in [4.69, 9.17) is 11.7 Å². The van der Waals surface area contributed by atoms with Crippen LogP contribution in [0.2, 0.25) is 0 Å². The van der Waals surface area contributed by atoms with Gasteiger partial charge in [-0.15, -0.1) is 0 Å². The van der Waals surface area contributed by atoms with Gasteiger partial charge in [-0.3, -0.25) is 10.9 Å². The molecule has 0 rings (SSSR count). The number of carbonyl (C=O) groups excluding carboxylic acids is 2. The second-order valence-corrected chi connectivity index (χ2v) is 2.51. The molecule has 0 saturated heterocycles. The summed E-state index contributed by atoms with van der Waals surface area (Å²) < 4.78 is 0. The lowest BCUT2D eigenvalue weighted by molar-refractivity contribution is 0.239. The second kappa shape index (κ2) is 8.08. The summed E-state index contributed by atoms with van der Waals surface area (Å²) in [4.78, 5) is 21.1. The molecule has 0 radical (unpaired) electrons. The molecule has 0 atom stereocenters. The molecule has 0 heterocycles. The lowest BCUT2D eigenvalue weighted by Crippen LogP contribution is -2.41. The van der Waals surface area contributed by atoms with Crippen LogP contribution in [0.3, 0.4) is 0 Å². The van der Waals surface area contributed by atoms with Crippen LogP contribution in [0.5, 0.6) is 0 Å². The quantitative estimate of drug-likeness (QED) is 0.135. The first-order chi connectivity index (χ1) is 6.70. The number of hydrogen-bond donors (Lipinski definition) is 6. The number of nitrogens with two attached hydrogens (primary N) is 2. The van der Waals surface area contributed by atoms with Crippen LogP contribution in [-0.4, -0.2) is 25.2 Å². The van der Waals surface area contributed by atoms with E-state index in [2.05, 4.69) is 10.6 Å². The van der Waals surface area contributed by atoms with Gasteiger partial charge in [0.15, 0.2) is 0 Å². The maximum atomic E-state index is 10.6. The van der Waals surface area contributed by atoms with E-state index in [9.17, 15) is 9.59 Å². The third-order valence-corrected chi connectivity index (χ3v) is 1.44. The van der Waals surface area contributed by atoms with Crippen LogP contribution in [0.4, 0.5) is 9.59 Å². The third-order valence-electron chi connectivity index (χ3n) is 1.44. The molecule has 0 aromatic heterocycles. The minimum Gasteiger partial charge on any atom is -0.337 e. The summed E-state index contributed by atoms with van der Waals surface area (Å²) in [7, 11) is 0. The summed E-state index contributed by atoms with van der Waals surface area (Å²) in [5.74, 6) is 9.66. The van der Waals surface area contributed by atoms with Crippen molar-refractivity contribution in [2.45, 2.75) is 12.8 Å². The summed E-state index contributed by atoms with van der Waals surface area (Å²) >= 11 is 0. The van der Waals surface area contributed by atoms with Crippen molar-refractivity contribution in [3.63, 3.8) is 0 Å². The highest BCUT2D eigenvalue weighted by molar-refractivity contribution is 5.73. The van der Waals surface area contributed by atoms with E-state index in [1.807, 2.05) is 10.9 Å². The van der Waals surface area contributed by atoms with Crippen LogP contribution in [0.1, 0.15) is 12.8 Å². The standard InChI is InChI=1S/C6H16N6O2/c7-11-5(13)9-3-1-2-4-10-6(14)12-8/h1-4,7-8H2,(H2,9,11,13)(H2,10,12,14). The number of carbonyl (C=O) groups is 2. The van der Waals surface area contributed by atoms with Crippen molar-refractivity contribution in [1.29, 1.82) is 0 Å². The number of hydrogen-bond acceptors (Lipinski definition) is 4. The first kappa shape index (κ1) is 12.5. The number of hydrazine groups is 2. The van der Waals surface area contributed by atoms with Crippen LogP contribution >= 0.6 is 0 Å². The molecule has 82 valence electrons. The van der Waals surface area contributed by atoms with Gasteiger partial charge < -0.3 is 10.6 Å². The summed E-state index contributed by atoms with van der Waals surface area (Å²) in [6.07, 6.45) is 1.50.